The Morgan fingerprint density at radius 3 is 2.24 bits per heavy atom. The fourth-order valence-corrected chi connectivity index (χ4v) is 2.30. The van der Waals surface area contributed by atoms with E-state index in [1.54, 1.807) is 24.3 Å². The van der Waals surface area contributed by atoms with Gasteiger partial charge in [-0.25, -0.2) is 4.39 Å². The number of carbonyl (C=O) groups is 3. The fraction of sp³-hybridized carbons (Fsp3) is 0.250. The second kappa shape index (κ2) is 11.1. The number of halogens is 2. The molecule has 0 unspecified atom stereocenters. The first-order chi connectivity index (χ1) is 13.3. The molecule has 0 bridgehead atoms. The number of benzene rings is 2. The van der Waals surface area contributed by atoms with Gasteiger partial charge in [0.2, 0.25) is 11.8 Å². The van der Waals surface area contributed by atoms with Gasteiger partial charge in [0.15, 0.2) is 0 Å². The van der Waals surface area contributed by atoms with Crippen molar-refractivity contribution in [1.82, 2.24) is 5.32 Å². The molecule has 2 aromatic carbocycles. The first-order valence-electron chi connectivity index (χ1n) is 8.76. The lowest BCUT2D eigenvalue weighted by atomic mass is 10.1. The molecule has 0 aromatic heterocycles. The average molecular weight is 423 g/mol. The maximum atomic E-state index is 13.2. The quantitative estimate of drug-likeness (QED) is 0.549. The van der Waals surface area contributed by atoms with Gasteiger partial charge in [-0.1, -0.05) is 26.0 Å². The van der Waals surface area contributed by atoms with Gasteiger partial charge in [-0.2, -0.15) is 0 Å². The molecular weight excluding hydrogens is 399 g/mol. The number of rotatable bonds is 7. The molecule has 5 N–H and O–H groups in total. The third kappa shape index (κ3) is 7.52. The van der Waals surface area contributed by atoms with Crippen LogP contribution >= 0.6 is 12.4 Å². The van der Waals surface area contributed by atoms with E-state index in [-0.39, 0.29) is 30.4 Å². The molecule has 0 fully saturated rings. The Morgan fingerprint density at radius 1 is 1.00 bits per heavy atom. The summed E-state index contributed by atoms with van der Waals surface area (Å²) in [6.45, 7) is 3.38. The SMILES string of the molecule is CC(C)[C@H](N)C(=O)NCC(=O)Nc1cccc(C(=O)Nc2cccc(F)c2)c1.Cl. The van der Waals surface area contributed by atoms with Crippen LogP contribution in [0.1, 0.15) is 24.2 Å². The second-order valence-electron chi connectivity index (χ2n) is 6.58. The largest absolute Gasteiger partial charge is 0.346 e. The topological polar surface area (TPSA) is 113 Å². The van der Waals surface area contributed by atoms with Crippen molar-refractivity contribution in [2.45, 2.75) is 19.9 Å². The number of nitrogens with one attached hydrogen (secondary N) is 3. The Balaban J connectivity index is 0.00000420. The number of hydrogen-bond acceptors (Lipinski definition) is 4. The van der Waals surface area contributed by atoms with E-state index in [9.17, 15) is 18.8 Å². The minimum atomic E-state index is -0.692. The molecule has 0 radical (unpaired) electrons. The summed E-state index contributed by atoms with van der Waals surface area (Å²) >= 11 is 0. The summed E-state index contributed by atoms with van der Waals surface area (Å²) in [5.74, 6) is -1.81. The van der Waals surface area contributed by atoms with Gasteiger partial charge in [0, 0.05) is 16.9 Å². The molecule has 0 aliphatic carbocycles. The van der Waals surface area contributed by atoms with Crippen molar-refractivity contribution in [2.75, 3.05) is 17.2 Å². The van der Waals surface area contributed by atoms with Crippen LogP contribution in [0.25, 0.3) is 0 Å². The molecule has 0 heterocycles. The number of hydrogen-bond donors (Lipinski definition) is 4. The van der Waals surface area contributed by atoms with Crippen LogP contribution in [-0.4, -0.2) is 30.3 Å². The van der Waals surface area contributed by atoms with E-state index < -0.39 is 29.6 Å². The zero-order valence-corrected chi connectivity index (χ0v) is 16.9. The molecule has 0 spiro atoms. The van der Waals surface area contributed by atoms with Crippen molar-refractivity contribution in [3.8, 4) is 0 Å². The van der Waals surface area contributed by atoms with Crippen LogP contribution in [0.4, 0.5) is 15.8 Å². The van der Waals surface area contributed by atoms with E-state index in [4.69, 9.17) is 5.73 Å². The van der Waals surface area contributed by atoms with Gasteiger partial charge in [-0.3, -0.25) is 14.4 Å². The van der Waals surface area contributed by atoms with Crippen molar-refractivity contribution in [2.24, 2.45) is 11.7 Å². The van der Waals surface area contributed by atoms with Crippen LogP contribution in [0.5, 0.6) is 0 Å². The van der Waals surface area contributed by atoms with Gasteiger partial charge in [-0.05, 0) is 42.3 Å². The molecule has 2 rings (SSSR count). The van der Waals surface area contributed by atoms with Crippen molar-refractivity contribution >= 4 is 41.5 Å². The maximum Gasteiger partial charge on any atom is 0.255 e. The van der Waals surface area contributed by atoms with Crippen LogP contribution in [0.2, 0.25) is 0 Å². The lowest BCUT2D eigenvalue weighted by Crippen LogP contribution is -2.46. The Labute approximate surface area is 174 Å². The third-order valence-electron chi connectivity index (χ3n) is 3.94. The summed E-state index contributed by atoms with van der Waals surface area (Å²) in [4.78, 5) is 36.1. The summed E-state index contributed by atoms with van der Waals surface area (Å²) in [6, 6.07) is 11.1. The molecule has 0 saturated heterocycles. The zero-order valence-electron chi connectivity index (χ0n) is 16.1. The van der Waals surface area contributed by atoms with Crippen LogP contribution in [-0.2, 0) is 9.59 Å². The highest BCUT2D eigenvalue weighted by Crippen LogP contribution is 2.14. The molecule has 0 aliphatic heterocycles. The van der Waals surface area contributed by atoms with Crippen LogP contribution in [0.3, 0.4) is 0 Å². The van der Waals surface area contributed by atoms with Crippen LogP contribution in [0, 0.1) is 11.7 Å². The first kappa shape index (κ1) is 24.1. The monoisotopic (exact) mass is 422 g/mol. The van der Waals surface area contributed by atoms with Gasteiger partial charge in [0.05, 0.1) is 12.6 Å². The Morgan fingerprint density at radius 2 is 1.62 bits per heavy atom. The van der Waals surface area contributed by atoms with Crippen LogP contribution < -0.4 is 21.7 Å². The van der Waals surface area contributed by atoms with Gasteiger partial charge in [0.1, 0.15) is 5.82 Å². The maximum absolute atomic E-state index is 13.2. The normalized spacial score (nSPS) is 11.2. The molecule has 1 atom stereocenters. The van der Waals surface area contributed by atoms with E-state index in [0.29, 0.717) is 11.4 Å². The van der Waals surface area contributed by atoms with E-state index in [2.05, 4.69) is 16.0 Å². The molecule has 0 saturated carbocycles. The number of amides is 3. The fourth-order valence-electron chi connectivity index (χ4n) is 2.30. The van der Waals surface area contributed by atoms with Crippen molar-refractivity contribution in [3.63, 3.8) is 0 Å². The van der Waals surface area contributed by atoms with Crippen molar-refractivity contribution < 1.29 is 18.8 Å². The minimum absolute atomic E-state index is 0. The van der Waals surface area contributed by atoms with Crippen molar-refractivity contribution in [1.29, 1.82) is 0 Å². The van der Waals surface area contributed by atoms with E-state index in [1.807, 2.05) is 13.8 Å². The highest BCUT2D eigenvalue weighted by Gasteiger charge is 2.17. The minimum Gasteiger partial charge on any atom is -0.346 e. The molecular formula is C20H24ClFN4O3. The Bertz CT molecular complexity index is 876. The second-order valence-corrected chi connectivity index (χ2v) is 6.58. The van der Waals surface area contributed by atoms with Gasteiger partial charge < -0.3 is 21.7 Å². The lowest BCUT2D eigenvalue weighted by Gasteiger charge is -2.15. The molecule has 156 valence electrons. The predicted molar refractivity (Wildman–Crippen MR) is 112 cm³/mol. The smallest absolute Gasteiger partial charge is 0.255 e. The number of anilines is 2. The summed E-state index contributed by atoms with van der Waals surface area (Å²) in [6.07, 6.45) is 0. The zero-order chi connectivity index (χ0) is 20.7. The standard InChI is InChI=1S/C20H23FN4O3.ClH/c1-12(2)18(22)20(28)23-11-17(26)24-15-7-3-5-13(9-15)19(27)25-16-8-4-6-14(21)10-16;/h3-10,12,18H,11,22H2,1-2H3,(H,23,28)(H,24,26)(H,25,27);1H/t18-;/m0./s1. The van der Waals surface area contributed by atoms with Crippen molar-refractivity contribution in [3.05, 3.63) is 59.9 Å². The van der Waals surface area contributed by atoms with E-state index in [0.717, 1.165) is 0 Å². The summed E-state index contributed by atoms with van der Waals surface area (Å²) in [5, 5.41) is 7.65. The Hall–Kier alpha value is -2.97. The van der Waals surface area contributed by atoms with Gasteiger partial charge in [0.25, 0.3) is 5.91 Å². The van der Waals surface area contributed by atoms with E-state index >= 15 is 0 Å². The molecule has 2 aromatic rings. The number of carbonyl (C=O) groups excluding carboxylic acids is 3. The van der Waals surface area contributed by atoms with E-state index in [1.165, 1.54) is 24.3 Å². The highest BCUT2D eigenvalue weighted by atomic mass is 35.5. The van der Waals surface area contributed by atoms with Crippen LogP contribution in [0.15, 0.2) is 48.5 Å². The highest BCUT2D eigenvalue weighted by molar-refractivity contribution is 6.05. The lowest BCUT2D eigenvalue weighted by molar-refractivity contribution is -0.125. The molecule has 9 heteroatoms. The average Bonchev–Trinajstić information content (AvgIpc) is 2.65. The molecule has 7 nitrogen and oxygen atoms in total. The van der Waals surface area contributed by atoms with Gasteiger partial charge >= 0.3 is 0 Å². The first-order valence-corrected chi connectivity index (χ1v) is 8.76. The molecule has 0 aliphatic rings. The van der Waals surface area contributed by atoms with Gasteiger partial charge in [-0.15, -0.1) is 12.4 Å². The Kier molecular flexibility index (Phi) is 9.24. The summed E-state index contributed by atoms with van der Waals surface area (Å²) in [5.41, 5.74) is 6.71. The molecule has 3 amide bonds. The third-order valence-corrected chi connectivity index (χ3v) is 3.94. The molecule has 29 heavy (non-hydrogen) atoms. The summed E-state index contributed by atoms with van der Waals surface area (Å²) in [7, 11) is 0. The predicted octanol–water partition coefficient (Wildman–Crippen LogP) is 2.54. The number of nitrogens with two attached hydrogens (primary N) is 1. The summed E-state index contributed by atoms with van der Waals surface area (Å²) < 4.78 is 13.2.